The highest BCUT2D eigenvalue weighted by molar-refractivity contribution is 5.75. The minimum atomic E-state index is 0.0958. The lowest BCUT2D eigenvalue weighted by molar-refractivity contribution is -0.121. The number of carbonyl (C=O) groups is 1. The highest BCUT2D eigenvalue weighted by atomic mass is 16.5. The van der Waals surface area contributed by atoms with Crippen LogP contribution in [-0.2, 0) is 9.53 Å². The summed E-state index contributed by atoms with van der Waals surface area (Å²) in [6, 6.07) is 0. The summed E-state index contributed by atoms with van der Waals surface area (Å²) in [5.74, 6) is 0.0958. The second-order valence-electron chi connectivity index (χ2n) is 2.91. The van der Waals surface area contributed by atoms with Crippen molar-refractivity contribution < 1.29 is 9.53 Å². The van der Waals surface area contributed by atoms with E-state index in [9.17, 15) is 4.79 Å². The first-order chi connectivity index (χ1) is 6.20. The van der Waals surface area contributed by atoms with E-state index < -0.39 is 0 Å². The van der Waals surface area contributed by atoms with Gasteiger partial charge in [-0.3, -0.25) is 4.79 Å². The maximum atomic E-state index is 11.0. The van der Waals surface area contributed by atoms with Gasteiger partial charge in [0, 0.05) is 13.0 Å². The van der Waals surface area contributed by atoms with Crippen LogP contribution in [0.1, 0.15) is 33.6 Å². The number of hydrogen-bond donors (Lipinski definition) is 1. The molecular formula is C10H19NO2. The molecule has 0 rings (SSSR count). The van der Waals surface area contributed by atoms with Gasteiger partial charge >= 0.3 is 0 Å². The van der Waals surface area contributed by atoms with Crippen molar-refractivity contribution in [1.29, 1.82) is 0 Å². The van der Waals surface area contributed by atoms with Gasteiger partial charge in [0.2, 0.25) is 5.91 Å². The monoisotopic (exact) mass is 185 g/mol. The maximum Gasteiger partial charge on any atom is 0.220 e. The average molecular weight is 185 g/mol. The van der Waals surface area contributed by atoms with Gasteiger partial charge in [-0.15, -0.1) is 0 Å². The molecule has 0 saturated heterocycles. The average Bonchev–Trinajstić information content (AvgIpc) is 2.12. The third kappa shape index (κ3) is 7.37. The highest BCUT2D eigenvalue weighted by Crippen LogP contribution is 2.01. The number of allylic oxidation sites excluding steroid dienone is 1. The lowest BCUT2D eigenvalue weighted by atomic mass is 10.2. The van der Waals surface area contributed by atoms with Crippen molar-refractivity contribution in [2.24, 2.45) is 0 Å². The summed E-state index contributed by atoms with van der Waals surface area (Å²) in [7, 11) is 0. The largest absolute Gasteiger partial charge is 0.499 e. The molecular weight excluding hydrogens is 166 g/mol. The van der Waals surface area contributed by atoms with E-state index in [-0.39, 0.29) is 12.0 Å². The van der Waals surface area contributed by atoms with Gasteiger partial charge in [-0.2, -0.15) is 0 Å². The van der Waals surface area contributed by atoms with Crippen molar-refractivity contribution in [3.63, 3.8) is 0 Å². The molecule has 1 N–H and O–H groups in total. The Hall–Kier alpha value is -0.990. The van der Waals surface area contributed by atoms with E-state index in [0.717, 1.165) is 6.42 Å². The summed E-state index contributed by atoms with van der Waals surface area (Å²) in [6.45, 7) is 6.47. The van der Waals surface area contributed by atoms with Gasteiger partial charge in [0.05, 0.1) is 12.4 Å². The second-order valence-corrected chi connectivity index (χ2v) is 2.91. The molecule has 1 unspecified atom stereocenters. The first kappa shape index (κ1) is 12.0. The Bertz CT molecular complexity index is 166. The molecule has 0 fully saturated rings. The van der Waals surface area contributed by atoms with Crippen LogP contribution in [0, 0.1) is 0 Å². The van der Waals surface area contributed by atoms with Crippen LogP contribution in [0.25, 0.3) is 0 Å². The van der Waals surface area contributed by atoms with Gasteiger partial charge in [-0.25, -0.2) is 0 Å². The molecule has 0 bridgehead atoms. The zero-order valence-electron chi connectivity index (χ0n) is 8.67. The lowest BCUT2D eigenvalue weighted by Crippen LogP contribution is -2.23. The summed E-state index contributed by atoms with van der Waals surface area (Å²) >= 11 is 0. The van der Waals surface area contributed by atoms with Crippen LogP contribution < -0.4 is 5.32 Å². The van der Waals surface area contributed by atoms with Crippen LogP contribution >= 0.6 is 0 Å². The number of ether oxygens (including phenoxy) is 1. The van der Waals surface area contributed by atoms with Crippen LogP contribution in [-0.4, -0.2) is 18.6 Å². The Morgan fingerprint density at radius 3 is 2.85 bits per heavy atom. The molecule has 0 aromatic carbocycles. The fraction of sp³-hybridized carbons (Fsp3) is 0.700. The Balaban J connectivity index is 3.45. The van der Waals surface area contributed by atoms with Gasteiger partial charge in [0.15, 0.2) is 0 Å². The predicted octanol–water partition coefficient (Wildman–Crippen LogP) is 1.84. The zero-order chi connectivity index (χ0) is 10.1. The molecule has 0 saturated carbocycles. The smallest absolute Gasteiger partial charge is 0.220 e. The van der Waals surface area contributed by atoms with Crippen molar-refractivity contribution in [3.8, 4) is 0 Å². The van der Waals surface area contributed by atoms with Crippen molar-refractivity contribution in [2.45, 2.75) is 39.7 Å². The number of rotatable bonds is 6. The molecule has 1 amide bonds. The molecule has 0 heterocycles. The Morgan fingerprint density at radius 2 is 2.31 bits per heavy atom. The first-order valence-corrected chi connectivity index (χ1v) is 4.74. The summed E-state index contributed by atoms with van der Waals surface area (Å²) in [6.07, 6.45) is 4.90. The second kappa shape index (κ2) is 7.65. The van der Waals surface area contributed by atoms with E-state index in [4.69, 9.17) is 4.74 Å². The Kier molecular flexibility index (Phi) is 7.07. The van der Waals surface area contributed by atoms with E-state index >= 15 is 0 Å². The fourth-order valence-electron chi connectivity index (χ4n) is 0.901. The van der Waals surface area contributed by atoms with E-state index in [1.165, 1.54) is 0 Å². The van der Waals surface area contributed by atoms with Gasteiger partial charge in [0.25, 0.3) is 0 Å². The normalized spacial score (nSPS) is 12.8. The Labute approximate surface area is 80.2 Å². The maximum absolute atomic E-state index is 11.0. The van der Waals surface area contributed by atoms with E-state index in [1.807, 2.05) is 26.8 Å². The van der Waals surface area contributed by atoms with E-state index in [1.54, 1.807) is 6.26 Å². The SMILES string of the molecule is CC=COC(C)CCC(=O)NCC. The summed E-state index contributed by atoms with van der Waals surface area (Å²) in [5.41, 5.74) is 0. The quantitative estimate of drug-likeness (QED) is 0.641. The predicted molar refractivity (Wildman–Crippen MR) is 53.3 cm³/mol. The molecule has 0 aliphatic rings. The van der Waals surface area contributed by atoms with Crippen molar-refractivity contribution >= 4 is 5.91 Å². The van der Waals surface area contributed by atoms with Gasteiger partial charge in [-0.1, -0.05) is 6.08 Å². The van der Waals surface area contributed by atoms with E-state index in [0.29, 0.717) is 13.0 Å². The lowest BCUT2D eigenvalue weighted by Gasteiger charge is -2.10. The van der Waals surface area contributed by atoms with Crippen LogP contribution in [0.2, 0.25) is 0 Å². The molecule has 0 aliphatic heterocycles. The minimum Gasteiger partial charge on any atom is -0.499 e. The van der Waals surface area contributed by atoms with Crippen molar-refractivity contribution in [3.05, 3.63) is 12.3 Å². The molecule has 1 atom stereocenters. The number of hydrogen-bond acceptors (Lipinski definition) is 2. The molecule has 3 heteroatoms. The molecule has 3 nitrogen and oxygen atoms in total. The number of amides is 1. The zero-order valence-corrected chi connectivity index (χ0v) is 8.67. The molecule has 0 aliphatic carbocycles. The number of carbonyl (C=O) groups excluding carboxylic acids is 1. The van der Waals surface area contributed by atoms with E-state index in [2.05, 4.69) is 5.32 Å². The summed E-state index contributed by atoms with van der Waals surface area (Å²) < 4.78 is 5.26. The van der Waals surface area contributed by atoms with Crippen molar-refractivity contribution in [1.82, 2.24) is 5.32 Å². The van der Waals surface area contributed by atoms with Crippen LogP contribution in [0.3, 0.4) is 0 Å². The first-order valence-electron chi connectivity index (χ1n) is 4.74. The third-order valence-corrected chi connectivity index (χ3v) is 1.60. The van der Waals surface area contributed by atoms with Crippen LogP contribution in [0.5, 0.6) is 0 Å². The topological polar surface area (TPSA) is 38.3 Å². The minimum absolute atomic E-state index is 0.0958. The summed E-state index contributed by atoms with van der Waals surface area (Å²) in [4.78, 5) is 11.0. The van der Waals surface area contributed by atoms with Gasteiger partial charge < -0.3 is 10.1 Å². The molecule has 0 aromatic rings. The molecule has 0 aromatic heterocycles. The molecule has 0 spiro atoms. The van der Waals surface area contributed by atoms with Gasteiger partial charge in [-0.05, 0) is 27.2 Å². The van der Waals surface area contributed by atoms with Crippen molar-refractivity contribution in [2.75, 3.05) is 6.54 Å². The standard InChI is InChI=1S/C10H19NO2/c1-4-8-13-9(3)6-7-10(12)11-5-2/h4,8-9H,5-7H2,1-3H3,(H,11,12). The highest BCUT2D eigenvalue weighted by Gasteiger charge is 2.04. The fourth-order valence-corrected chi connectivity index (χ4v) is 0.901. The van der Waals surface area contributed by atoms with Gasteiger partial charge in [0.1, 0.15) is 0 Å². The van der Waals surface area contributed by atoms with Crippen LogP contribution in [0.15, 0.2) is 12.3 Å². The molecule has 76 valence electrons. The molecule has 13 heavy (non-hydrogen) atoms. The van der Waals surface area contributed by atoms with Crippen LogP contribution in [0.4, 0.5) is 0 Å². The Morgan fingerprint density at radius 1 is 1.62 bits per heavy atom. The molecule has 0 radical (unpaired) electrons. The third-order valence-electron chi connectivity index (χ3n) is 1.60. The summed E-state index contributed by atoms with van der Waals surface area (Å²) in [5, 5.41) is 2.74. The number of nitrogens with one attached hydrogen (secondary N) is 1.